The highest BCUT2D eigenvalue weighted by Gasteiger charge is 2.29. The standard InChI is InChI=1S/C24H34N2O8/c1-14(2)12-32-22(30)17(26-23(31)33-13-24(3,4)5)11-15-6-7-18-16(10-15)25-21(29)19(34-18)8-9-20(27)28/h6-7,10,14,17,19H,8-9,11-13H2,1-5H3,(H,25,29)(H,26,31)(H,27,28)/t17?,19-/m1/s1. The number of hydrogen-bond acceptors (Lipinski definition) is 7. The maximum atomic E-state index is 12.7. The lowest BCUT2D eigenvalue weighted by Crippen LogP contribution is -2.44. The molecule has 1 aromatic rings. The third-order valence-electron chi connectivity index (χ3n) is 4.70. The third kappa shape index (κ3) is 8.92. The summed E-state index contributed by atoms with van der Waals surface area (Å²) in [7, 11) is 0. The van der Waals surface area contributed by atoms with Gasteiger partial charge in [-0.2, -0.15) is 0 Å². The molecule has 1 aromatic carbocycles. The molecule has 0 radical (unpaired) electrons. The summed E-state index contributed by atoms with van der Waals surface area (Å²) < 4.78 is 16.2. The van der Waals surface area contributed by atoms with Gasteiger partial charge in [0.15, 0.2) is 6.10 Å². The first-order chi connectivity index (χ1) is 15.8. The van der Waals surface area contributed by atoms with Crippen LogP contribution in [-0.4, -0.2) is 54.4 Å². The van der Waals surface area contributed by atoms with E-state index < -0.39 is 36.1 Å². The molecule has 0 aliphatic carbocycles. The predicted octanol–water partition coefficient (Wildman–Crippen LogP) is 3.13. The van der Waals surface area contributed by atoms with Crippen molar-refractivity contribution in [2.24, 2.45) is 11.3 Å². The van der Waals surface area contributed by atoms with E-state index in [9.17, 15) is 19.2 Å². The van der Waals surface area contributed by atoms with Gasteiger partial charge in [-0.05, 0) is 29.0 Å². The Morgan fingerprint density at radius 2 is 1.91 bits per heavy atom. The maximum absolute atomic E-state index is 12.7. The van der Waals surface area contributed by atoms with E-state index in [4.69, 9.17) is 19.3 Å². The fraction of sp³-hybridized carbons (Fsp3) is 0.583. The highest BCUT2D eigenvalue weighted by molar-refractivity contribution is 5.98. The minimum atomic E-state index is -1.01. The average Bonchev–Trinajstić information content (AvgIpc) is 2.73. The van der Waals surface area contributed by atoms with Crippen molar-refractivity contribution in [3.05, 3.63) is 23.8 Å². The number of anilines is 1. The number of carbonyl (C=O) groups is 4. The van der Waals surface area contributed by atoms with Gasteiger partial charge in [-0.15, -0.1) is 0 Å². The Morgan fingerprint density at radius 1 is 1.21 bits per heavy atom. The van der Waals surface area contributed by atoms with Crippen LogP contribution in [0.5, 0.6) is 5.75 Å². The second-order valence-electron chi connectivity index (χ2n) is 9.92. The Hall–Kier alpha value is -3.30. The van der Waals surface area contributed by atoms with E-state index >= 15 is 0 Å². The van der Waals surface area contributed by atoms with E-state index in [-0.39, 0.29) is 43.8 Å². The summed E-state index contributed by atoms with van der Waals surface area (Å²) in [6.07, 6.45) is -1.66. The zero-order valence-electron chi connectivity index (χ0n) is 20.3. The van der Waals surface area contributed by atoms with Crippen LogP contribution < -0.4 is 15.4 Å². The summed E-state index contributed by atoms with van der Waals surface area (Å²) in [5, 5.41) is 14.1. The molecule has 0 aromatic heterocycles. The molecule has 2 amide bonds. The van der Waals surface area contributed by atoms with Crippen molar-refractivity contribution in [2.75, 3.05) is 18.5 Å². The largest absolute Gasteiger partial charge is 0.481 e. The summed E-state index contributed by atoms with van der Waals surface area (Å²) in [5.41, 5.74) is 0.817. The molecule has 2 rings (SSSR count). The zero-order chi connectivity index (χ0) is 25.5. The molecule has 2 atom stereocenters. The number of nitrogens with one attached hydrogen (secondary N) is 2. The molecular weight excluding hydrogens is 444 g/mol. The van der Waals surface area contributed by atoms with E-state index in [0.717, 1.165) is 0 Å². The van der Waals surface area contributed by atoms with Crippen LogP contribution in [0.1, 0.15) is 53.0 Å². The Balaban J connectivity index is 2.12. The SMILES string of the molecule is CC(C)COC(=O)C(Cc1ccc2c(c1)NC(=O)[C@@H](CCC(=O)O)O2)NC(=O)OCC(C)(C)C. The summed E-state index contributed by atoms with van der Waals surface area (Å²) in [4.78, 5) is 48.0. The lowest BCUT2D eigenvalue weighted by atomic mass is 9.99. The van der Waals surface area contributed by atoms with Crippen LogP contribution in [-0.2, 0) is 30.3 Å². The molecule has 1 unspecified atom stereocenters. The minimum absolute atomic E-state index is 0.0483. The van der Waals surface area contributed by atoms with Crippen molar-refractivity contribution in [1.29, 1.82) is 0 Å². The summed E-state index contributed by atoms with van der Waals surface area (Å²) >= 11 is 0. The molecule has 0 spiro atoms. The van der Waals surface area contributed by atoms with Crippen LogP contribution >= 0.6 is 0 Å². The van der Waals surface area contributed by atoms with Crippen molar-refractivity contribution in [2.45, 2.75) is 66.0 Å². The number of ether oxygens (including phenoxy) is 3. The molecule has 0 fully saturated rings. The van der Waals surface area contributed by atoms with Crippen molar-refractivity contribution in [3.8, 4) is 5.75 Å². The number of carbonyl (C=O) groups excluding carboxylic acids is 3. The van der Waals surface area contributed by atoms with Gasteiger partial charge >= 0.3 is 18.0 Å². The molecule has 1 heterocycles. The molecule has 34 heavy (non-hydrogen) atoms. The second-order valence-corrected chi connectivity index (χ2v) is 9.92. The number of benzene rings is 1. The van der Waals surface area contributed by atoms with Gasteiger partial charge in [-0.25, -0.2) is 9.59 Å². The van der Waals surface area contributed by atoms with Gasteiger partial charge < -0.3 is 30.0 Å². The first-order valence-corrected chi connectivity index (χ1v) is 11.3. The average molecular weight is 479 g/mol. The van der Waals surface area contributed by atoms with Gasteiger partial charge in [-0.1, -0.05) is 40.7 Å². The Labute approximate surface area is 199 Å². The molecule has 1 aliphatic heterocycles. The second kappa shape index (κ2) is 11.7. The number of alkyl carbamates (subject to hydrolysis) is 1. The van der Waals surface area contributed by atoms with Gasteiger partial charge in [0.1, 0.15) is 11.8 Å². The monoisotopic (exact) mass is 478 g/mol. The van der Waals surface area contributed by atoms with Crippen LogP contribution in [0.25, 0.3) is 0 Å². The van der Waals surface area contributed by atoms with Crippen LogP contribution in [0.2, 0.25) is 0 Å². The fourth-order valence-corrected chi connectivity index (χ4v) is 3.01. The third-order valence-corrected chi connectivity index (χ3v) is 4.70. The number of rotatable bonds is 10. The molecular formula is C24H34N2O8. The topological polar surface area (TPSA) is 140 Å². The Bertz CT molecular complexity index is 907. The number of carboxylic acids is 1. The fourth-order valence-electron chi connectivity index (χ4n) is 3.01. The lowest BCUT2D eigenvalue weighted by molar-refractivity contribution is -0.147. The quantitative estimate of drug-likeness (QED) is 0.436. The molecule has 1 aliphatic rings. The lowest BCUT2D eigenvalue weighted by Gasteiger charge is -2.26. The number of amides is 2. The van der Waals surface area contributed by atoms with Gasteiger partial charge in [0.25, 0.3) is 5.91 Å². The number of carboxylic acid groups (broad SMARTS) is 1. The molecule has 0 bridgehead atoms. The van der Waals surface area contributed by atoms with Crippen molar-refractivity contribution < 1.29 is 38.5 Å². The molecule has 10 heteroatoms. The van der Waals surface area contributed by atoms with E-state index in [1.165, 1.54) is 0 Å². The van der Waals surface area contributed by atoms with E-state index in [1.54, 1.807) is 18.2 Å². The van der Waals surface area contributed by atoms with E-state index in [0.29, 0.717) is 17.0 Å². The maximum Gasteiger partial charge on any atom is 0.407 e. The van der Waals surface area contributed by atoms with Crippen LogP contribution in [0.15, 0.2) is 18.2 Å². The van der Waals surface area contributed by atoms with Crippen LogP contribution in [0.4, 0.5) is 10.5 Å². The zero-order valence-corrected chi connectivity index (χ0v) is 20.3. The Kier molecular flexibility index (Phi) is 9.28. The highest BCUT2D eigenvalue weighted by Crippen LogP contribution is 2.32. The first-order valence-electron chi connectivity index (χ1n) is 11.3. The first kappa shape index (κ1) is 26.9. The highest BCUT2D eigenvalue weighted by atomic mass is 16.6. The molecule has 0 saturated heterocycles. The summed E-state index contributed by atoms with van der Waals surface area (Å²) in [5.74, 6) is -1.52. The normalized spacial score (nSPS) is 16.1. The van der Waals surface area contributed by atoms with E-state index in [1.807, 2.05) is 34.6 Å². The Morgan fingerprint density at radius 3 is 2.53 bits per heavy atom. The van der Waals surface area contributed by atoms with E-state index in [2.05, 4.69) is 10.6 Å². The van der Waals surface area contributed by atoms with Gasteiger partial charge in [0, 0.05) is 19.3 Å². The predicted molar refractivity (Wildman–Crippen MR) is 124 cm³/mol. The molecule has 188 valence electrons. The minimum Gasteiger partial charge on any atom is -0.481 e. The molecule has 0 saturated carbocycles. The molecule has 10 nitrogen and oxygen atoms in total. The summed E-state index contributed by atoms with van der Waals surface area (Å²) in [6.45, 7) is 9.96. The van der Waals surface area contributed by atoms with Crippen molar-refractivity contribution in [1.82, 2.24) is 5.32 Å². The van der Waals surface area contributed by atoms with Crippen LogP contribution in [0, 0.1) is 11.3 Å². The van der Waals surface area contributed by atoms with Gasteiger partial charge in [0.05, 0.1) is 18.9 Å². The van der Waals surface area contributed by atoms with Gasteiger partial charge in [-0.3, -0.25) is 9.59 Å². The number of fused-ring (bicyclic) bond motifs is 1. The van der Waals surface area contributed by atoms with Gasteiger partial charge in [0.2, 0.25) is 0 Å². The number of hydrogen-bond donors (Lipinski definition) is 3. The smallest absolute Gasteiger partial charge is 0.407 e. The molecule has 3 N–H and O–H groups in total. The number of aliphatic carboxylic acids is 1. The van der Waals surface area contributed by atoms with Crippen molar-refractivity contribution >= 4 is 29.6 Å². The number of esters is 1. The van der Waals surface area contributed by atoms with Crippen LogP contribution in [0.3, 0.4) is 0 Å². The van der Waals surface area contributed by atoms with Crippen molar-refractivity contribution in [3.63, 3.8) is 0 Å². The summed E-state index contributed by atoms with van der Waals surface area (Å²) in [6, 6.07) is 3.99.